The number of oxazole rings is 1. The van der Waals surface area contributed by atoms with Crippen molar-refractivity contribution in [1.82, 2.24) is 10.3 Å². The van der Waals surface area contributed by atoms with E-state index in [1.54, 1.807) is 0 Å². The third-order valence-corrected chi connectivity index (χ3v) is 2.74. The minimum atomic E-state index is -4.24. The first-order valence-corrected chi connectivity index (χ1v) is 5.32. The van der Waals surface area contributed by atoms with Crippen molar-refractivity contribution in [2.75, 3.05) is 7.05 Å². The number of aromatic amines is 1. The lowest BCUT2D eigenvalue weighted by Gasteiger charge is -2.26. The predicted molar refractivity (Wildman–Crippen MR) is 59.6 cm³/mol. The van der Waals surface area contributed by atoms with Gasteiger partial charge in [-0.1, -0.05) is 6.07 Å². The summed E-state index contributed by atoms with van der Waals surface area (Å²) in [7, 11) is 1.15. The zero-order valence-electron chi connectivity index (χ0n) is 9.72. The molecule has 2 N–H and O–H groups in total. The third-order valence-electron chi connectivity index (χ3n) is 2.74. The highest BCUT2D eigenvalue weighted by atomic mass is 19.3. The number of H-pyrrole nitrogens is 1. The predicted octanol–water partition coefficient (Wildman–Crippen LogP) is 2.28. The maximum Gasteiger partial charge on any atom is 0.417 e. The van der Waals surface area contributed by atoms with E-state index in [1.165, 1.54) is 12.1 Å². The van der Waals surface area contributed by atoms with Gasteiger partial charge in [0, 0.05) is 0 Å². The number of alkyl halides is 4. The molecule has 0 aliphatic rings. The van der Waals surface area contributed by atoms with Crippen LogP contribution in [0.4, 0.5) is 17.6 Å². The first kappa shape index (κ1) is 13.6. The quantitative estimate of drug-likeness (QED) is 0.844. The van der Waals surface area contributed by atoms with Crippen molar-refractivity contribution in [1.29, 1.82) is 0 Å². The second-order valence-electron chi connectivity index (χ2n) is 3.97. The van der Waals surface area contributed by atoms with Crippen LogP contribution in [0.3, 0.4) is 0 Å². The zero-order valence-corrected chi connectivity index (χ0v) is 9.72. The van der Waals surface area contributed by atoms with Gasteiger partial charge >= 0.3 is 18.1 Å². The Morgan fingerprint density at radius 2 is 2.05 bits per heavy atom. The Labute approximate surface area is 104 Å². The molecule has 0 radical (unpaired) electrons. The Hall–Kier alpha value is -1.83. The third kappa shape index (κ3) is 2.35. The van der Waals surface area contributed by atoms with Gasteiger partial charge in [0.15, 0.2) is 5.58 Å². The number of nitrogens with one attached hydrogen (secondary N) is 2. The van der Waals surface area contributed by atoms with Gasteiger partial charge in [-0.2, -0.15) is 8.78 Å². The first-order valence-electron chi connectivity index (χ1n) is 5.32. The molecule has 0 bridgehead atoms. The second-order valence-corrected chi connectivity index (χ2v) is 3.97. The van der Waals surface area contributed by atoms with Crippen molar-refractivity contribution in [3.8, 4) is 0 Å². The lowest BCUT2D eigenvalue weighted by atomic mass is 10.0. The maximum absolute atomic E-state index is 13.4. The fourth-order valence-corrected chi connectivity index (χ4v) is 1.85. The summed E-state index contributed by atoms with van der Waals surface area (Å²) in [6, 6.07) is 1.80. The van der Waals surface area contributed by atoms with Gasteiger partial charge < -0.3 is 9.73 Å². The van der Waals surface area contributed by atoms with Crippen LogP contribution in [-0.2, 0) is 0 Å². The number of hydrogen-bond acceptors (Lipinski definition) is 3. The molecule has 2 rings (SSSR count). The molecule has 0 spiro atoms. The average molecular weight is 278 g/mol. The Balaban J connectivity index is 2.49. The van der Waals surface area contributed by atoms with E-state index in [2.05, 4.69) is 10.3 Å². The SMILES string of the molecule is CNC(c1ccc2[nH]c(=O)oc2c1)C(F)(F)C(F)F. The number of rotatable bonds is 4. The van der Waals surface area contributed by atoms with E-state index >= 15 is 0 Å². The van der Waals surface area contributed by atoms with Crippen LogP contribution >= 0.6 is 0 Å². The molecular weight excluding hydrogens is 268 g/mol. The van der Waals surface area contributed by atoms with Crippen LogP contribution in [0.5, 0.6) is 0 Å². The Morgan fingerprint density at radius 3 is 2.63 bits per heavy atom. The number of aromatic nitrogens is 1. The van der Waals surface area contributed by atoms with Crippen LogP contribution in [0.2, 0.25) is 0 Å². The molecule has 0 saturated carbocycles. The standard InChI is InChI=1S/C11H10F4N2O2/c1-16-8(11(14,15)9(12)13)5-2-3-6-7(4-5)19-10(18)17-6/h2-4,8-9,16H,1H3,(H,17,18). The average Bonchev–Trinajstić information content (AvgIpc) is 2.68. The van der Waals surface area contributed by atoms with E-state index in [-0.39, 0.29) is 11.1 Å². The molecule has 8 heteroatoms. The van der Waals surface area contributed by atoms with Gasteiger partial charge in [-0.15, -0.1) is 0 Å². The molecule has 2 aromatic rings. The monoisotopic (exact) mass is 278 g/mol. The molecule has 0 saturated heterocycles. The number of hydrogen-bond donors (Lipinski definition) is 2. The Kier molecular flexibility index (Phi) is 3.36. The highest BCUT2D eigenvalue weighted by Gasteiger charge is 2.48. The van der Waals surface area contributed by atoms with Gasteiger partial charge in [-0.05, 0) is 24.7 Å². The van der Waals surface area contributed by atoms with E-state index in [1.807, 2.05) is 0 Å². The van der Waals surface area contributed by atoms with Crippen LogP contribution in [0.25, 0.3) is 11.1 Å². The molecule has 0 aliphatic carbocycles. The van der Waals surface area contributed by atoms with Gasteiger partial charge in [0.1, 0.15) is 6.04 Å². The normalized spacial score (nSPS) is 14.2. The van der Waals surface area contributed by atoms with E-state index in [9.17, 15) is 22.4 Å². The summed E-state index contributed by atoms with van der Waals surface area (Å²) in [5, 5.41) is 2.15. The summed E-state index contributed by atoms with van der Waals surface area (Å²) in [6.45, 7) is 0. The van der Waals surface area contributed by atoms with E-state index in [0.717, 1.165) is 13.1 Å². The van der Waals surface area contributed by atoms with E-state index in [4.69, 9.17) is 4.42 Å². The van der Waals surface area contributed by atoms with Crippen molar-refractivity contribution in [3.05, 3.63) is 34.3 Å². The number of fused-ring (bicyclic) bond motifs is 1. The zero-order chi connectivity index (χ0) is 14.2. The first-order chi connectivity index (χ1) is 8.86. The van der Waals surface area contributed by atoms with Crippen molar-refractivity contribution in [2.45, 2.75) is 18.4 Å². The fourth-order valence-electron chi connectivity index (χ4n) is 1.85. The maximum atomic E-state index is 13.4. The van der Waals surface area contributed by atoms with Gasteiger partial charge in [0.25, 0.3) is 0 Å². The molecule has 0 aliphatic heterocycles. The Bertz CT molecular complexity index is 635. The lowest BCUT2D eigenvalue weighted by molar-refractivity contribution is -0.150. The topological polar surface area (TPSA) is 58.0 Å². The van der Waals surface area contributed by atoms with Crippen molar-refractivity contribution in [3.63, 3.8) is 0 Å². The van der Waals surface area contributed by atoms with Crippen molar-refractivity contribution in [2.24, 2.45) is 0 Å². The van der Waals surface area contributed by atoms with Gasteiger partial charge in [0.05, 0.1) is 5.52 Å². The Morgan fingerprint density at radius 1 is 1.37 bits per heavy atom. The van der Waals surface area contributed by atoms with Crippen LogP contribution < -0.4 is 11.1 Å². The summed E-state index contributed by atoms with van der Waals surface area (Å²) < 4.78 is 56.3. The minimum absolute atomic E-state index is 0.0350. The molecule has 19 heavy (non-hydrogen) atoms. The summed E-state index contributed by atoms with van der Waals surface area (Å²) in [5.74, 6) is -4.98. The van der Waals surface area contributed by atoms with Gasteiger partial charge in [-0.25, -0.2) is 13.6 Å². The molecular formula is C11H10F4N2O2. The summed E-state index contributed by atoms with van der Waals surface area (Å²) in [5.41, 5.74) is 0.250. The fraction of sp³-hybridized carbons (Fsp3) is 0.364. The van der Waals surface area contributed by atoms with Crippen molar-refractivity contribution >= 4 is 11.1 Å². The summed E-state index contributed by atoms with van der Waals surface area (Å²) in [4.78, 5) is 13.3. The summed E-state index contributed by atoms with van der Waals surface area (Å²) in [6.07, 6.45) is -3.81. The molecule has 0 fully saturated rings. The van der Waals surface area contributed by atoms with Gasteiger partial charge in [0.2, 0.25) is 0 Å². The molecule has 0 amide bonds. The molecule has 104 valence electrons. The second kappa shape index (κ2) is 4.69. The molecule has 1 atom stereocenters. The highest BCUT2D eigenvalue weighted by molar-refractivity contribution is 5.72. The molecule has 4 nitrogen and oxygen atoms in total. The van der Waals surface area contributed by atoms with Crippen molar-refractivity contribution < 1.29 is 22.0 Å². The van der Waals surface area contributed by atoms with Crippen LogP contribution in [0.1, 0.15) is 11.6 Å². The molecule has 1 heterocycles. The van der Waals surface area contributed by atoms with E-state index < -0.39 is 24.1 Å². The van der Waals surface area contributed by atoms with Gasteiger partial charge in [-0.3, -0.25) is 4.98 Å². The number of benzene rings is 1. The molecule has 1 unspecified atom stereocenters. The molecule has 1 aromatic carbocycles. The van der Waals surface area contributed by atoms with E-state index in [0.29, 0.717) is 5.52 Å². The minimum Gasteiger partial charge on any atom is -0.408 e. The lowest BCUT2D eigenvalue weighted by Crippen LogP contribution is -2.41. The summed E-state index contributed by atoms with van der Waals surface area (Å²) >= 11 is 0. The van der Waals surface area contributed by atoms with Crippen LogP contribution in [0, 0.1) is 0 Å². The largest absolute Gasteiger partial charge is 0.417 e. The smallest absolute Gasteiger partial charge is 0.408 e. The van der Waals surface area contributed by atoms with Crippen LogP contribution in [-0.4, -0.2) is 24.4 Å². The highest BCUT2D eigenvalue weighted by Crippen LogP contribution is 2.36. The van der Waals surface area contributed by atoms with Crippen LogP contribution in [0.15, 0.2) is 27.4 Å². The number of halogens is 4. The molecule has 1 aromatic heterocycles.